The molecule has 0 aromatic heterocycles. The topological polar surface area (TPSA) is 72.9 Å². The highest BCUT2D eigenvalue weighted by molar-refractivity contribution is 7.89. The van der Waals surface area contributed by atoms with Crippen LogP contribution in [-0.2, 0) is 19.5 Å². The predicted molar refractivity (Wildman–Crippen MR) is 76.8 cm³/mol. The van der Waals surface area contributed by atoms with Gasteiger partial charge in [0.15, 0.2) is 5.78 Å². The maximum Gasteiger partial charge on any atom is 0.243 e. The molecular formula is C14H19NO5S. The number of ketones is 1. The molecule has 2 rings (SSSR count). The van der Waals surface area contributed by atoms with Crippen LogP contribution in [0.1, 0.15) is 17.3 Å². The van der Waals surface area contributed by atoms with Crippen molar-refractivity contribution in [3.63, 3.8) is 0 Å². The number of rotatable bonds is 5. The zero-order valence-electron chi connectivity index (χ0n) is 12.3. The molecule has 1 fully saturated rings. The Balaban J connectivity index is 2.24. The number of ether oxygens (including phenoxy) is 2. The average Bonchev–Trinajstić information content (AvgIpc) is 2.91. The molecule has 2 unspecified atom stereocenters. The Morgan fingerprint density at radius 2 is 1.57 bits per heavy atom. The smallest absolute Gasteiger partial charge is 0.243 e. The molecule has 1 heterocycles. The van der Waals surface area contributed by atoms with E-state index in [2.05, 4.69) is 0 Å². The van der Waals surface area contributed by atoms with Gasteiger partial charge in [0, 0.05) is 32.9 Å². The molecule has 2 atom stereocenters. The average molecular weight is 313 g/mol. The van der Waals surface area contributed by atoms with Gasteiger partial charge >= 0.3 is 0 Å². The molecule has 1 aromatic rings. The Morgan fingerprint density at radius 3 is 1.95 bits per heavy atom. The third kappa shape index (κ3) is 3.16. The van der Waals surface area contributed by atoms with E-state index in [0.717, 1.165) is 0 Å². The largest absolute Gasteiger partial charge is 0.377 e. The standard InChI is InChI=1S/C14H19NO5S/c1-10(16)11-4-6-12(7-5-11)21(17,18)15-8-13(19-2)14(9-15)20-3/h4-7,13-14H,8-9H2,1-3H3. The predicted octanol–water partition coefficient (Wildman–Crippen LogP) is 0.923. The summed E-state index contributed by atoms with van der Waals surface area (Å²) in [6, 6.07) is 5.95. The Labute approximate surface area is 124 Å². The van der Waals surface area contributed by atoms with E-state index in [-0.39, 0.29) is 36.0 Å². The molecule has 116 valence electrons. The molecule has 0 saturated carbocycles. The number of methoxy groups -OCH3 is 2. The van der Waals surface area contributed by atoms with Gasteiger partial charge in [-0.05, 0) is 19.1 Å². The molecule has 1 aliphatic rings. The molecule has 0 radical (unpaired) electrons. The van der Waals surface area contributed by atoms with Crippen LogP contribution in [-0.4, -0.2) is 58.0 Å². The minimum atomic E-state index is -3.61. The van der Waals surface area contributed by atoms with Crippen molar-refractivity contribution in [1.29, 1.82) is 0 Å². The van der Waals surface area contributed by atoms with E-state index >= 15 is 0 Å². The highest BCUT2D eigenvalue weighted by atomic mass is 32.2. The van der Waals surface area contributed by atoms with E-state index in [1.54, 1.807) is 0 Å². The van der Waals surface area contributed by atoms with Crippen LogP contribution in [0.25, 0.3) is 0 Å². The maximum absolute atomic E-state index is 12.6. The normalized spacial score (nSPS) is 23.4. The third-order valence-corrected chi connectivity index (χ3v) is 5.53. The quantitative estimate of drug-likeness (QED) is 0.756. The fraction of sp³-hybridized carbons (Fsp3) is 0.500. The van der Waals surface area contributed by atoms with Crippen LogP contribution in [0.2, 0.25) is 0 Å². The summed E-state index contributed by atoms with van der Waals surface area (Å²) < 4.78 is 37.0. The molecule has 1 aromatic carbocycles. The summed E-state index contributed by atoms with van der Waals surface area (Å²) in [6.45, 7) is 1.95. The zero-order chi connectivity index (χ0) is 15.6. The highest BCUT2D eigenvalue weighted by Gasteiger charge is 2.39. The molecule has 0 spiro atoms. The van der Waals surface area contributed by atoms with Gasteiger partial charge in [0.2, 0.25) is 10.0 Å². The molecule has 1 saturated heterocycles. The maximum atomic E-state index is 12.6. The SMILES string of the molecule is COC1CN(S(=O)(=O)c2ccc(C(C)=O)cc2)CC1OC. The monoisotopic (exact) mass is 313 g/mol. The second-order valence-electron chi connectivity index (χ2n) is 4.95. The Hall–Kier alpha value is -1.28. The zero-order valence-corrected chi connectivity index (χ0v) is 13.1. The van der Waals surface area contributed by atoms with Crippen LogP contribution in [0.5, 0.6) is 0 Å². The van der Waals surface area contributed by atoms with Gasteiger partial charge in [-0.3, -0.25) is 4.79 Å². The Morgan fingerprint density at radius 1 is 1.10 bits per heavy atom. The lowest BCUT2D eigenvalue weighted by Gasteiger charge is -2.16. The van der Waals surface area contributed by atoms with Gasteiger partial charge in [0.05, 0.1) is 17.1 Å². The number of nitrogens with zero attached hydrogens (tertiary/aromatic N) is 1. The van der Waals surface area contributed by atoms with Crippen LogP contribution in [0.3, 0.4) is 0 Å². The minimum Gasteiger partial charge on any atom is -0.377 e. The van der Waals surface area contributed by atoms with Crippen LogP contribution in [0, 0.1) is 0 Å². The van der Waals surface area contributed by atoms with E-state index < -0.39 is 10.0 Å². The molecule has 0 amide bonds. The Kier molecular flexibility index (Phi) is 4.77. The van der Waals surface area contributed by atoms with E-state index in [4.69, 9.17) is 9.47 Å². The van der Waals surface area contributed by atoms with E-state index in [1.807, 2.05) is 0 Å². The summed E-state index contributed by atoms with van der Waals surface area (Å²) >= 11 is 0. The first-order valence-electron chi connectivity index (χ1n) is 6.57. The summed E-state index contributed by atoms with van der Waals surface area (Å²) in [6.07, 6.45) is -0.553. The van der Waals surface area contributed by atoms with Crippen molar-refractivity contribution >= 4 is 15.8 Å². The van der Waals surface area contributed by atoms with Crippen molar-refractivity contribution < 1.29 is 22.7 Å². The summed E-state index contributed by atoms with van der Waals surface area (Å²) in [4.78, 5) is 11.4. The first kappa shape index (κ1) is 16.1. The molecule has 0 aliphatic carbocycles. The van der Waals surface area contributed by atoms with Crippen molar-refractivity contribution in [1.82, 2.24) is 4.31 Å². The summed E-state index contributed by atoms with van der Waals surface area (Å²) in [5.74, 6) is -0.0981. The van der Waals surface area contributed by atoms with Crippen LogP contribution < -0.4 is 0 Å². The minimum absolute atomic E-state index is 0.0981. The number of carbonyl (C=O) groups is 1. The van der Waals surface area contributed by atoms with Gasteiger partial charge in [-0.2, -0.15) is 4.31 Å². The van der Waals surface area contributed by atoms with Gasteiger partial charge < -0.3 is 9.47 Å². The van der Waals surface area contributed by atoms with Gasteiger partial charge in [0.25, 0.3) is 0 Å². The van der Waals surface area contributed by atoms with Crippen molar-refractivity contribution in [3.8, 4) is 0 Å². The van der Waals surface area contributed by atoms with E-state index in [0.29, 0.717) is 5.56 Å². The van der Waals surface area contributed by atoms with Gasteiger partial charge in [0.1, 0.15) is 0 Å². The fourth-order valence-corrected chi connectivity index (χ4v) is 3.84. The van der Waals surface area contributed by atoms with Crippen LogP contribution >= 0.6 is 0 Å². The lowest BCUT2D eigenvalue weighted by molar-refractivity contribution is -0.00461. The van der Waals surface area contributed by atoms with Crippen LogP contribution in [0.15, 0.2) is 29.2 Å². The molecule has 0 bridgehead atoms. The van der Waals surface area contributed by atoms with Crippen molar-refractivity contribution in [2.45, 2.75) is 24.0 Å². The fourth-order valence-electron chi connectivity index (χ4n) is 2.37. The molecule has 1 aliphatic heterocycles. The number of hydrogen-bond donors (Lipinski definition) is 0. The summed E-state index contributed by atoms with van der Waals surface area (Å²) in [5.41, 5.74) is 0.486. The van der Waals surface area contributed by atoms with Gasteiger partial charge in [-0.1, -0.05) is 12.1 Å². The summed E-state index contributed by atoms with van der Waals surface area (Å²) in [5, 5.41) is 0. The number of carbonyl (C=O) groups excluding carboxylic acids is 1. The Bertz CT molecular complexity index is 599. The molecular weight excluding hydrogens is 294 g/mol. The summed E-state index contributed by atoms with van der Waals surface area (Å²) in [7, 11) is -0.533. The van der Waals surface area contributed by atoms with E-state index in [9.17, 15) is 13.2 Å². The van der Waals surface area contributed by atoms with Gasteiger partial charge in [-0.25, -0.2) is 8.42 Å². The lowest BCUT2D eigenvalue weighted by atomic mass is 10.2. The molecule has 6 nitrogen and oxygen atoms in total. The number of benzene rings is 1. The van der Waals surface area contributed by atoms with Gasteiger partial charge in [-0.15, -0.1) is 0 Å². The van der Waals surface area contributed by atoms with Crippen LogP contribution in [0.4, 0.5) is 0 Å². The molecule has 0 N–H and O–H groups in total. The van der Waals surface area contributed by atoms with Crippen molar-refractivity contribution in [3.05, 3.63) is 29.8 Å². The first-order valence-corrected chi connectivity index (χ1v) is 8.01. The van der Waals surface area contributed by atoms with Crippen molar-refractivity contribution in [2.24, 2.45) is 0 Å². The second-order valence-corrected chi connectivity index (χ2v) is 6.89. The number of sulfonamides is 1. The molecule has 7 heteroatoms. The number of Topliss-reactive ketones (excluding diaryl/α,β-unsaturated/α-hetero) is 1. The second kappa shape index (κ2) is 6.23. The third-order valence-electron chi connectivity index (χ3n) is 3.69. The number of hydrogen-bond acceptors (Lipinski definition) is 5. The highest BCUT2D eigenvalue weighted by Crippen LogP contribution is 2.24. The van der Waals surface area contributed by atoms with Crippen molar-refractivity contribution in [2.75, 3.05) is 27.3 Å². The lowest BCUT2D eigenvalue weighted by Crippen LogP contribution is -2.30. The molecule has 21 heavy (non-hydrogen) atoms. The first-order chi connectivity index (χ1) is 9.90. The van der Waals surface area contributed by atoms with E-state index in [1.165, 1.54) is 49.7 Å².